The summed E-state index contributed by atoms with van der Waals surface area (Å²) in [7, 11) is 0. The number of benzene rings is 1. The minimum absolute atomic E-state index is 0.120. The summed E-state index contributed by atoms with van der Waals surface area (Å²) in [5.74, 6) is -0.454. The van der Waals surface area contributed by atoms with Gasteiger partial charge in [0.15, 0.2) is 0 Å². The molecule has 27 heavy (non-hydrogen) atoms. The van der Waals surface area contributed by atoms with Gasteiger partial charge in [-0.05, 0) is 31.2 Å². The van der Waals surface area contributed by atoms with Gasteiger partial charge in [0.25, 0.3) is 0 Å². The van der Waals surface area contributed by atoms with Gasteiger partial charge in [-0.25, -0.2) is 9.59 Å². The number of nitrogens with zero attached hydrogens (tertiary/aromatic N) is 1. The van der Waals surface area contributed by atoms with E-state index >= 15 is 0 Å². The number of carbonyl (C=O) groups is 2. The first kappa shape index (κ1) is 20.2. The molecular formula is C20H16BrNO5. The number of nitriles is 1. The molecule has 1 heterocycles. The van der Waals surface area contributed by atoms with E-state index in [-0.39, 0.29) is 24.4 Å². The Morgan fingerprint density at radius 1 is 1.15 bits per heavy atom. The van der Waals surface area contributed by atoms with Gasteiger partial charge < -0.3 is 13.9 Å². The molecule has 1 aromatic carbocycles. The predicted molar refractivity (Wildman–Crippen MR) is 102 cm³/mol. The van der Waals surface area contributed by atoms with Crippen LogP contribution in [0.25, 0.3) is 17.4 Å². The summed E-state index contributed by atoms with van der Waals surface area (Å²) >= 11 is 3.36. The smallest absolute Gasteiger partial charge is 0.349 e. The molecule has 0 aliphatic heterocycles. The molecule has 0 radical (unpaired) electrons. The molecule has 0 fully saturated rings. The van der Waals surface area contributed by atoms with E-state index in [1.807, 2.05) is 24.3 Å². The third-order valence-electron chi connectivity index (χ3n) is 3.28. The first-order chi connectivity index (χ1) is 12.9. The zero-order chi connectivity index (χ0) is 19.8. The van der Waals surface area contributed by atoms with Crippen molar-refractivity contribution in [1.82, 2.24) is 0 Å². The van der Waals surface area contributed by atoms with Gasteiger partial charge in [0, 0.05) is 21.7 Å². The Morgan fingerprint density at radius 2 is 1.78 bits per heavy atom. The fraction of sp³-hybridized carbons (Fsp3) is 0.150. The van der Waals surface area contributed by atoms with Gasteiger partial charge in [0.05, 0.1) is 0 Å². The molecule has 0 aliphatic rings. The minimum Gasteiger partial charge on any atom is -0.459 e. The SMILES string of the molecule is C=C(C)C(=O)OCCOC(=O)/C(C#N)=C/c1ccc(-c2ccc(Br)cc2)o1. The summed E-state index contributed by atoms with van der Waals surface area (Å²) in [6, 6.07) is 12.7. The Kier molecular flexibility index (Phi) is 7.15. The van der Waals surface area contributed by atoms with Crippen LogP contribution < -0.4 is 0 Å². The van der Waals surface area contributed by atoms with Crippen molar-refractivity contribution >= 4 is 33.9 Å². The van der Waals surface area contributed by atoms with Crippen LogP contribution in [-0.4, -0.2) is 25.2 Å². The molecule has 6 nitrogen and oxygen atoms in total. The largest absolute Gasteiger partial charge is 0.459 e. The number of ether oxygens (including phenoxy) is 2. The molecule has 0 aliphatic carbocycles. The number of carbonyl (C=O) groups excluding carboxylic acids is 2. The van der Waals surface area contributed by atoms with Crippen molar-refractivity contribution in [1.29, 1.82) is 5.26 Å². The lowest BCUT2D eigenvalue weighted by Gasteiger charge is -2.05. The zero-order valence-electron chi connectivity index (χ0n) is 14.5. The van der Waals surface area contributed by atoms with Crippen LogP contribution in [0.4, 0.5) is 0 Å². The Bertz CT molecular complexity index is 919. The van der Waals surface area contributed by atoms with Crippen molar-refractivity contribution < 1.29 is 23.5 Å². The Labute approximate surface area is 164 Å². The molecule has 7 heteroatoms. The molecule has 0 atom stereocenters. The quantitative estimate of drug-likeness (QED) is 0.282. The van der Waals surface area contributed by atoms with E-state index in [1.165, 1.54) is 13.0 Å². The molecule has 0 saturated carbocycles. The second-order valence-electron chi connectivity index (χ2n) is 5.43. The van der Waals surface area contributed by atoms with E-state index in [9.17, 15) is 9.59 Å². The molecule has 0 N–H and O–H groups in total. The van der Waals surface area contributed by atoms with Crippen LogP contribution in [0.2, 0.25) is 0 Å². The van der Waals surface area contributed by atoms with E-state index < -0.39 is 11.9 Å². The molecule has 2 rings (SSSR count). The van der Waals surface area contributed by atoms with E-state index in [2.05, 4.69) is 22.5 Å². The van der Waals surface area contributed by atoms with Gasteiger partial charge in [-0.1, -0.05) is 34.6 Å². The third-order valence-corrected chi connectivity index (χ3v) is 3.81. The molecule has 0 amide bonds. The highest BCUT2D eigenvalue weighted by molar-refractivity contribution is 9.10. The highest BCUT2D eigenvalue weighted by Gasteiger charge is 2.13. The van der Waals surface area contributed by atoms with Crippen LogP contribution in [0.3, 0.4) is 0 Å². The molecule has 0 spiro atoms. The molecular weight excluding hydrogens is 414 g/mol. The number of halogens is 1. The lowest BCUT2D eigenvalue weighted by Crippen LogP contribution is -2.15. The second kappa shape index (κ2) is 9.55. The van der Waals surface area contributed by atoms with Crippen molar-refractivity contribution in [3.8, 4) is 17.4 Å². The van der Waals surface area contributed by atoms with Crippen molar-refractivity contribution in [2.75, 3.05) is 13.2 Å². The van der Waals surface area contributed by atoms with Crippen molar-refractivity contribution in [3.63, 3.8) is 0 Å². The fourth-order valence-electron chi connectivity index (χ4n) is 1.95. The summed E-state index contributed by atoms with van der Waals surface area (Å²) in [4.78, 5) is 23.2. The normalized spacial score (nSPS) is 10.8. The average molecular weight is 430 g/mol. The summed E-state index contributed by atoms with van der Waals surface area (Å²) in [6.07, 6.45) is 1.30. The van der Waals surface area contributed by atoms with Gasteiger partial charge >= 0.3 is 11.9 Å². The molecule has 138 valence electrons. The minimum atomic E-state index is -0.828. The highest BCUT2D eigenvalue weighted by atomic mass is 79.9. The number of furan rings is 1. The van der Waals surface area contributed by atoms with Crippen LogP contribution in [0.5, 0.6) is 0 Å². The van der Waals surface area contributed by atoms with Crippen LogP contribution in [0, 0.1) is 11.3 Å². The van der Waals surface area contributed by atoms with Crippen molar-refractivity contribution in [2.24, 2.45) is 0 Å². The molecule has 0 unspecified atom stereocenters. The maximum Gasteiger partial charge on any atom is 0.349 e. The predicted octanol–water partition coefficient (Wildman–Crippen LogP) is 4.28. The summed E-state index contributed by atoms with van der Waals surface area (Å²) in [6.45, 7) is 4.66. The van der Waals surface area contributed by atoms with E-state index in [4.69, 9.17) is 19.2 Å². The summed E-state index contributed by atoms with van der Waals surface area (Å²) in [5, 5.41) is 9.17. The number of hydrogen-bond acceptors (Lipinski definition) is 6. The Balaban J connectivity index is 1.98. The molecule has 2 aromatic rings. The van der Waals surface area contributed by atoms with E-state index in [1.54, 1.807) is 18.2 Å². The standard InChI is InChI=1S/C20H16BrNO5/c1-13(2)19(23)25-9-10-26-20(24)15(12-22)11-17-7-8-18(27-17)14-3-5-16(21)6-4-14/h3-8,11H,1,9-10H2,2H3/b15-11+. The highest BCUT2D eigenvalue weighted by Crippen LogP contribution is 2.25. The maximum absolute atomic E-state index is 12.0. The first-order valence-corrected chi connectivity index (χ1v) is 8.67. The lowest BCUT2D eigenvalue weighted by atomic mass is 10.2. The first-order valence-electron chi connectivity index (χ1n) is 7.88. The van der Waals surface area contributed by atoms with Crippen LogP contribution in [-0.2, 0) is 19.1 Å². The monoisotopic (exact) mass is 429 g/mol. The average Bonchev–Trinajstić information content (AvgIpc) is 3.12. The third kappa shape index (κ3) is 5.97. The van der Waals surface area contributed by atoms with E-state index in [0.717, 1.165) is 10.0 Å². The van der Waals surface area contributed by atoms with E-state index in [0.29, 0.717) is 11.5 Å². The van der Waals surface area contributed by atoms with Gasteiger partial charge in [-0.15, -0.1) is 0 Å². The summed E-state index contributed by atoms with van der Waals surface area (Å²) in [5.41, 5.74) is 0.884. The number of esters is 2. The second-order valence-corrected chi connectivity index (χ2v) is 6.35. The van der Waals surface area contributed by atoms with Crippen LogP contribution in [0.15, 0.2) is 63.0 Å². The topological polar surface area (TPSA) is 89.5 Å². The van der Waals surface area contributed by atoms with Crippen molar-refractivity contribution in [2.45, 2.75) is 6.92 Å². The van der Waals surface area contributed by atoms with Gasteiger partial charge in [0.1, 0.15) is 36.4 Å². The van der Waals surface area contributed by atoms with Crippen LogP contribution >= 0.6 is 15.9 Å². The molecule has 1 aromatic heterocycles. The number of hydrogen-bond donors (Lipinski definition) is 0. The zero-order valence-corrected chi connectivity index (χ0v) is 16.1. The Morgan fingerprint density at radius 3 is 2.37 bits per heavy atom. The number of rotatable bonds is 7. The van der Waals surface area contributed by atoms with Gasteiger partial charge in [0.2, 0.25) is 0 Å². The van der Waals surface area contributed by atoms with Crippen molar-refractivity contribution in [3.05, 3.63) is 64.4 Å². The Hall–Kier alpha value is -3.11. The molecule has 0 saturated heterocycles. The molecule has 0 bridgehead atoms. The summed E-state index contributed by atoms with van der Waals surface area (Å²) < 4.78 is 16.3. The van der Waals surface area contributed by atoms with Gasteiger partial charge in [-0.3, -0.25) is 0 Å². The fourth-order valence-corrected chi connectivity index (χ4v) is 2.21. The lowest BCUT2D eigenvalue weighted by molar-refractivity contribution is -0.147. The van der Waals surface area contributed by atoms with Gasteiger partial charge in [-0.2, -0.15) is 5.26 Å². The maximum atomic E-state index is 12.0. The van der Waals surface area contributed by atoms with Crippen LogP contribution in [0.1, 0.15) is 12.7 Å².